The summed E-state index contributed by atoms with van der Waals surface area (Å²) in [5.74, 6) is -0.715. The van der Waals surface area contributed by atoms with Crippen LogP contribution < -0.4 is 9.47 Å². The summed E-state index contributed by atoms with van der Waals surface area (Å²) in [5.41, 5.74) is 1.26. The minimum Gasteiger partial charge on any atom is -0.494 e. The van der Waals surface area contributed by atoms with Crippen LogP contribution in [0.4, 0.5) is 13.2 Å². The number of rotatable bonds is 7. The van der Waals surface area contributed by atoms with E-state index < -0.39 is 11.6 Å². The number of ether oxygens (including phenoxy) is 2. The van der Waals surface area contributed by atoms with E-state index in [1.54, 1.807) is 12.1 Å². The van der Waals surface area contributed by atoms with Crippen molar-refractivity contribution in [2.45, 2.75) is 32.2 Å². The first-order valence-electron chi connectivity index (χ1n) is 10.5. The molecule has 6 heteroatoms. The van der Waals surface area contributed by atoms with Crippen molar-refractivity contribution in [1.29, 1.82) is 0 Å². The van der Waals surface area contributed by atoms with Crippen LogP contribution in [0.1, 0.15) is 31.2 Å². The molecule has 0 spiro atoms. The molecule has 2 aliphatic carbocycles. The second-order valence-electron chi connectivity index (χ2n) is 9.47. The summed E-state index contributed by atoms with van der Waals surface area (Å²) >= 11 is 0. The van der Waals surface area contributed by atoms with Crippen molar-refractivity contribution in [3.05, 3.63) is 59.4 Å². The summed E-state index contributed by atoms with van der Waals surface area (Å²) in [7, 11) is 1.46. The Balaban J connectivity index is 1.30. The van der Waals surface area contributed by atoms with Gasteiger partial charge in [0.25, 0.3) is 0 Å². The molecule has 2 aliphatic heterocycles. The molecule has 30 heavy (non-hydrogen) atoms. The molecule has 0 atom stereocenters. The topological polar surface area (TPSA) is 21.7 Å². The Hall–Kier alpha value is -2.21. The van der Waals surface area contributed by atoms with Crippen LogP contribution >= 0.6 is 0 Å². The van der Waals surface area contributed by atoms with Gasteiger partial charge in [-0.25, -0.2) is 13.2 Å². The van der Waals surface area contributed by atoms with Crippen molar-refractivity contribution >= 4 is 0 Å². The summed E-state index contributed by atoms with van der Waals surface area (Å²) < 4.78 is 51.8. The number of piperidine rings is 2. The molecule has 2 bridgehead atoms. The molecule has 0 unspecified atom stereocenters. The summed E-state index contributed by atoms with van der Waals surface area (Å²) in [5, 5.41) is 0. The fraction of sp³-hybridized carbons (Fsp3) is 0.500. The van der Waals surface area contributed by atoms with Crippen LogP contribution in [-0.4, -0.2) is 31.7 Å². The normalized spacial score (nSPS) is 28.1. The van der Waals surface area contributed by atoms with Crippen LogP contribution in [0.3, 0.4) is 0 Å². The van der Waals surface area contributed by atoms with Crippen LogP contribution in [0.15, 0.2) is 36.4 Å². The highest BCUT2D eigenvalue weighted by atomic mass is 19.2. The Bertz CT molecular complexity index is 953. The first kappa shape index (κ1) is 19.7. The van der Waals surface area contributed by atoms with E-state index in [0.717, 1.165) is 49.5 Å². The molecule has 2 saturated carbocycles. The summed E-state index contributed by atoms with van der Waals surface area (Å²) in [6.07, 6.45) is 4.79. The Morgan fingerprint density at radius 2 is 1.77 bits per heavy atom. The highest BCUT2D eigenvalue weighted by Gasteiger charge is 2.64. The molecule has 4 aliphatic rings. The van der Waals surface area contributed by atoms with Crippen molar-refractivity contribution in [3.8, 4) is 11.5 Å². The zero-order chi connectivity index (χ0) is 20.9. The molecule has 160 valence electrons. The largest absolute Gasteiger partial charge is 0.494 e. The Labute approximate surface area is 174 Å². The third-order valence-electron chi connectivity index (χ3n) is 7.05. The van der Waals surface area contributed by atoms with Gasteiger partial charge in [0.2, 0.25) is 0 Å². The lowest BCUT2D eigenvalue weighted by Gasteiger charge is -2.64. The van der Waals surface area contributed by atoms with Crippen LogP contribution in [0.5, 0.6) is 11.5 Å². The SMILES string of the molecule is COc1ccc(CN2CC3(COc4ccc(F)c(F)c4)CC(C4CC4)(C2)C3)cc1F. The third kappa shape index (κ3) is 3.55. The summed E-state index contributed by atoms with van der Waals surface area (Å²) in [4.78, 5) is 2.40. The fourth-order valence-corrected chi connectivity index (χ4v) is 5.88. The van der Waals surface area contributed by atoms with E-state index in [9.17, 15) is 13.2 Å². The summed E-state index contributed by atoms with van der Waals surface area (Å²) in [6, 6.07) is 8.82. The molecule has 0 amide bonds. The third-order valence-corrected chi connectivity index (χ3v) is 7.05. The minimum atomic E-state index is -0.891. The molecule has 6 rings (SSSR count). The molecule has 2 aromatic carbocycles. The van der Waals surface area contributed by atoms with E-state index in [2.05, 4.69) is 4.90 Å². The molecule has 2 heterocycles. The lowest BCUT2D eigenvalue weighted by atomic mass is 9.48. The molecule has 3 nitrogen and oxygen atoms in total. The minimum absolute atomic E-state index is 0.0106. The van der Waals surface area contributed by atoms with Crippen LogP contribution in [0.25, 0.3) is 0 Å². The zero-order valence-corrected chi connectivity index (χ0v) is 17.1. The number of hydrogen-bond acceptors (Lipinski definition) is 3. The van der Waals surface area contributed by atoms with Gasteiger partial charge in [-0.15, -0.1) is 0 Å². The Kier molecular flexibility index (Phi) is 4.73. The van der Waals surface area contributed by atoms with Crippen LogP contribution in [-0.2, 0) is 6.54 Å². The Morgan fingerprint density at radius 1 is 0.967 bits per heavy atom. The molecule has 0 radical (unpaired) electrons. The molecular formula is C24H26F3NO2. The molecular weight excluding hydrogens is 391 g/mol. The van der Waals surface area contributed by atoms with E-state index >= 15 is 0 Å². The molecule has 2 saturated heterocycles. The van der Waals surface area contributed by atoms with Gasteiger partial charge in [0.15, 0.2) is 23.2 Å². The first-order chi connectivity index (χ1) is 14.4. The first-order valence-corrected chi connectivity index (χ1v) is 10.5. The van der Waals surface area contributed by atoms with Gasteiger partial charge in [0.1, 0.15) is 5.75 Å². The number of nitrogens with zero attached hydrogens (tertiary/aromatic N) is 1. The average Bonchev–Trinajstić information content (AvgIpc) is 3.54. The van der Waals surface area contributed by atoms with Gasteiger partial charge >= 0.3 is 0 Å². The van der Waals surface area contributed by atoms with Gasteiger partial charge < -0.3 is 9.47 Å². The number of halogens is 3. The van der Waals surface area contributed by atoms with Crippen LogP contribution in [0, 0.1) is 34.2 Å². The fourth-order valence-electron chi connectivity index (χ4n) is 5.88. The van der Waals surface area contributed by atoms with E-state index in [0.29, 0.717) is 24.3 Å². The number of benzene rings is 2. The number of hydrogen-bond donors (Lipinski definition) is 0. The molecule has 0 N–H and O–H groups in total. The van der Waals surface area contributed by atoms with Gasteiger partial charge in [-0.1, -0.05) is 6.07 Å². The maximum Gasteiger partial charge on any atom is 0.165 e. The van der Waals surface area contributed by atoms with Crippen molar-refractivity contribution in [2.24, 2.45) is 16.7 Å². The zero-order valence-electron chi connectivity index (χ0n) is 17.1. The van der Waals surface area contributed by atoms with E-state index in [1.807, 2.05) is 6.07 Å². The second-order valence-corrected chi connectivity index (χ2v) is 9.47. The van der Waals surface area contributed by atoms with E-state index in [-0.39, 0.29) is 17.0 Å². The van der Waals surface area contributed by atoms with Gasteiger partial charge in [-0.05, 0) is 66.8 Å². The van der Waals surface area contributed by atoms with Crippen molar-refractivity contribution in [2.75, 3.05) is 26.8 Å². The van der Waals surface area contributed by atoms with Crippen molar-refractivity contribution < 1.29 is 22.6 Å². The molecule has 0 aromatic heterocycles. The van der Waals surface area contributed by atoms with E-state index in [1.165, 1.54) is 26.0 Å². The summed E-state index contributed by atoms with van der Waals surface area (Å²) in [6.45, 7) is 3.05. The molecule has 4 fully saturated rings. The second kappa shape index (κ2) is 7.19. The maximum absolute atomic E-state index is 14.1. The quantitative estimate of drug-likeness (QED) is 0.619. The van der Waals surface area contributed by atoms with Gasteiger partial charge in [-0.2, -0.15) is 0 Å². The van der Waals surface area contributed by atoms with Crippen molar-refractivity contribution in [1.82, 2.24) is 4.90 Å². The maximum atomic E-state index is 14.1. The predicted octanol–water partition coefficient (Wildman–Crippen LogP) is 5.18. The lowest BCUT2D eigenvalue weighted by Crippen LogP contribution is -2.65. The predicted molar refractivity (Wildman–Crippen MR) is 107 cm³/mol. The standard InChI is InChI=1S/C24H26F3NO2/c1-29-22-7-2-16(8-21(22)27)10-28-13-23(11-24(12-23,14-28)17-3-4-17)15-30-18-5-6-19(25)20(26)9-18/h2,5-9,17H,3-4,10-15H2,1H3. The van der Waals surface area contributed by atoms with Crippen LogP contribution in [0.2, 0.25) is 0 Å². The van der Waals surface area contributed by atoms with Gasteiger partial charge in [-0.3, -0.25) is 4.90 Å². The number of methoxy groups -OCH3 is 1. The molecule has 2 aromatic rings. The Morgan fingerprint density at radius 3 is 2.43 bits per heavy atom. The average molecular weight is 417 g/mol. The van der Waals surface area contributed by atoms with Crippen molar-refractivity contribution in [3.63, 3.8) is 0 Å². The lowest BCUT2D eigenvalue weighted by molar-refractivity contribution is -0.164. The smallest absolute Gasteiger partial charge is 0.165 e. The van der Waals surface area contributed by atoms with Gasteiger partial charge in [0, 0.05) is 31.1 Å². The highest BCUT2D eigenvalue weighted by molar-refractivity contribution is 5.30. The van der Waals surface area contributed by atoms with Gasteiger partial charge in [0.05, 0.1) is 13.7 Å². The van der Waals surface area contributed by atoms with E-state index in [4.69, 9.17) is 9.47 Å². The highest BCUT2D eigenvalue weighted by Crippen LogP contribution is 2.67. The number of fused-ring (bicyclic) bond motifs is 2. The monoisotopic (exact) mass is 417 g/mol.